The summed E-state index contributed by atoms with van der Waals surface area (Å²) in [6, 6.07) is 0. The first kappa shape index (κ1) is 18.0. The third kappa shape index (κ3) is 5.66. The van der Waals surface area contributed by atoms with Crippen molar-refractivity contribution in [2.45, 2.75) is 59.6 Å². The van der Waals surface area contributed by atoms with Crippen LogP contribution in [0.5, 0.6) is 0 Å². The number of Topliss-reactive ketones (excluding diaryl/α,β-unsaturated/α-hetero) is 1. The second-order valence-corrected chi connectivity index (χ2v) is 4.81. The van der Waals surface area contributed by atoms with E-state index in [0.717, 1.165) is 0 Å². The molecule has 0 bridgehead atoms. The average molecular weight is 280 g/mol. The standard InChI is InChI=1S/C14H23F3O2/c1-5-10(6-2)12(18)9(4)13(19)11(7-3)8-14(15,16)17/h10-11,19H,5-8H2,1-4H3/b13-9-. The maximum atomic E-state index is 12.4. The van der Waals surface area contributed by atoms with Crippen molar-refractivity contribution in [3.63, 3.8) is 0 Å². The number of allylic oxidation sites excluding steroid dienone is 2. The summed E-state index contributed by atoms with van der Waals surface area (Å²) in [5.74, 6) is -1.91. The van der Waals surface area contributed by atoms with Gasteiger partial charge in [-0.25, -0.2) is 0 Å². The SMILES string of the molecule is CCC(CC)C(=O)/C(C)=C(\O)C(CC)CC(F)(F)F. The molecule has 112 valence electrons. The van der Waals surface area contributed by atoms with E-state index in [4.69, 9.17) is 0 Å². The normalized spacial score (nSPS) is 15.4. The van der Waals surface area contributed by atoms with Gasteiger partial charge in [-0.2, -0.15) is 13.2 Å². The number of halogens is 3. The minimum Gasteiger partial charge on any atom is -0.512 e. The smallest absolute Gasteiger partial charge is 0.389 e. The van der Waals surface area contributed by atoms with Crippen molar-refractivity contribution in [3.05, 3.63) is 11.3 Å². The molecule has 19 heavy (non-hydrogen) atoms. The lowest BCUT2D eigenvalue weighted by atomic mass is 9.89. The number of hydrogen-bond donors (Lipinski definition) is 1. The third-order valence-corrected chi connectivity index (χ3v) is 3.47. The summed E-state index contributed by atoms with van der Waals surface area (Å²) in [5, 5.41) is 9.91. The quantitative estimate of drug-likeness (QED) is 0.537. The van der Waals surface area contributed by atoms with E-state index >= 15 is 0 Å². The highest BCUT2D eigenvalue weighted by Crippen LogP contribution is 2.32. The van der Waals surface area contributed by atoms with Gasteiger partial charge in [-0.3, -0.25) is 4.79 Å². The topological polar surface area (TPSA) is 37.3 Å². The lowest BCUT2D eigenvalue weighted by molar-refractivity contribution is -0.144. The number of hydrogen-bond acceptors (Lipinski definition) is 2. The summed E-state index contributed by atoms with van der Waals surface area (Å²) in [6.07, 6.45) is -4.04. The van der Waals surface area contributed by atoms with Crippen LogP contribution in [0.1, 0.15) is 53.4 Å². The van der Waals surface area contributed by atoms with Gasteiger partial charge in [0.2, 0.25) is 0 Å². The molecule has 1 unspecified atom stereocenters. The van der Waals surface area contributed by atoms with E-state index in [-0.39, 0.29) is 23.7 Å². The van der Waals surface area contributed by atoms with E-state index in [1.165, 1.54) is 6.92 Å². The molecule has 1 N–H and O–H groups in total. The fourth-order valence-corrected chi connectivity index (χ4v) is 2.11. The molecule has 0 radical (unpaired) electrons. The van der Waals surface area contributed by atoms with Gasteiger partial charge < -0.3 is 5.11 Å². The highest BCUT2D eigenvalue weighted by atomic mass is 19.4. The molecule has 0 spiro atoms. The Morgan fingerprint density at radius 1 is 1.05 bits per heavy atom. The molecule has 0 aliphatic heterocycles. The molecular formula is C14H23F3O2. The Bertz CT molecular complexity index is 328. The molecule has 0 rings (SSSR count). The van der Waals surface area contributed by atoms with Crippen molar-refractivity contribution in [3.8, 4) is 0 Å². The van der Waals surface area contributed by atoms with Gasteiger partial charge in [-0.15, -0.1) is 0 Å². The van der Waals surface area contributed by atoms with Crippen LogP contribution in [-0.4, -0.2) is 17.1 Å². The van der Waals surface area contributed by atoms with Gasteiger partial charge in [0.25, 0.3) is 0 Å². The number of alkyl halides is 3. The van der Waals surface area contributed by atoms with Crippen molar-refractivity contribution in [2.24, 2.45) is 11.8 Å². The van der Waals surface area contributed by atoms with Gasteiger partial charge in [0.1, 0.15) is 5.76 Å². The Morgan fingerprint density at radius 3 is 1.79 bits per heavy atom. The first-order chi connectivity index (χ1) is 8.67. The summed E-state index contributed by atoms with van der Waals surface area (Å²) in [4.78, 5) is 12.0. The highest BCUT2D eigenvalue weighted by Gasteiger charge is 2.34. The fraction of sp³-hybridized carbons (Fsp3) is 0.786. The minimum absolute atomic E-state index is 0.0739. The number of aliphatic hydroxyl groups is 1. The molecule has 0 aromatic rings. The van der Waals surface area contributed by atoms with Crippen molar-refractivity contribution in [2.75, 3.05) is 0 Å². The van der Waals surface area contributed by atoms with E-state index in [1.54, 1.807) is 6.92 Å². The number of ketones is 1. The van der Waals surface area contributed by atoms with E-state index in [9.17, 15) is 23.1 Å². The first-order valence-electron chi connectivity index (χ1n) is 6.68. The summed E-state index contributed by atoms with van der Waals surface area (Å²) >= 11 is 0. The average Bonchev–Trinajstić information content (AvgIpc) is 2.34. The van der Waals surface area contributed by atoms with E-state index in [2.05, 4.69) is 0 Å². The van der Waals surface area contributed by atoms with Gasteiger partial charge in [-0.1, -0.05) is 20.8 Å². The molecule has 5 heteroatoms. The van der Waals surface area contributed by atoms with Crippen LogP contribution < -0.4 is 0 Å². The maximum absolute atomic E-state index is 12.4. The highest BCUT2D eigenvalue weighted by molar-refractivity contribution is 5.97. The predicted octanol–water partition coefficient (Wildman–Crippen LogP) is 4.80. The molecule has 0 aliphatic rings. The minimum atomic E-state index is -4.34. The number of carbonyl (C=O) groups is 1. The summed E-state index contributed by atoms with van der Waals surface area (Å²) in [6.45, 7) is 6.68. The van der Waals surface area contributed by atoms with Crippen LogP contribution in [0.15, 0.2) is 11.3 Å². The van der Waals surface area contributed by atoms with Gasteiger partial charge >= 0.3 is 6.18 Å². The van der Waals surface area contributed by atoms with Crippen LogP contribution in [0.3, 0.4) is 0 Å². The summed E-state index contributed by atoms with van der Waals surface area (Å²) in [5.41, 5.74) is 0.0739. The zero-order valence-electron chi connectivity index (χ0n) is 12.0. The Balaban J connectivity index is 5.13. The zero-order chi connectivity index (χ0) is 15.2. The molecule has 0 heterocycles. The maximum Gasteiger partial charge on any atom is 0.389 e. The van der Waals surface area contributed by atoms with Crippen molar-refractivity contribution >= 4 is 5.78 Å². The van der Waals surface area contributed by atoms with Gasteiger partial charge in [0, 0.05) is 17.4 Å². The Morgan fingerprint density at radius 2 is 1.47 bits per heavy atom. The Hall–Kier alpha value is -1.00. The van der Waals surface area contributed by atoms with Crippen LogP contribution in [0.25, 0.3) is 0 Å². The van der Waals surface area contributed by atoms with E-state index < -0.39 is 24.3 Å². The molecule has 0 aromatic heterocycles. The molecular weight excluding hydrogens is 257 g/mol. The summed E-state index contributed by atoms with van der Waals surface area (Å²) in [7, 11) is 0. The third-order valence-electron chi connectivity index (χ3n) is 3.47. The summed E-state index contributed by atoms with van der Waals surface area (Å²) < 4.78 is 37.2. The molecule has 2 nitrogen and oxygen atoms in total. The van der Waals surface area contributed by atoms with Crippen molar-refractivity contribution in [1.29, 1.82) is 0 Å². The van der Waals surface area contributed by atoms with Crippen LogP contribution in [0, 0.1) is 11.8 Å². The van der Waals surface area contributed by atoms with Crippen LogP contribution in [-0.2, 0) is 4.79 Å². The lowest BCUT2D eigenvalue weighted by Gasteiger charge is -2.19. The molecule has 0 saturated heterocycles. The lowest BCUT2D eigenvalue weighted by Crippen LogP contribution is -2.21. The Kier molecular flexibility index (Phi) is 7.16. The number of carbonyl (C=O) groups excluding carboxylic acids is 1. The second-order valence-electron chi connectivity index (χ2n) is 4.81. The van der Waals surface area contributed by atoms with Crippen LogP contribution in [0.2, 0.25) is 0 Å². The largest absolute Gasteiger partial charge is 0.512 e. The molecule has 0 amide bonds. The fourth-order valence-electron chi connectivity index (χ4n) is 2.11. The van der Waals surface area contributed by atoms with Crippen molar-refractivity contribution in [1.82, 2.24) is 0 Å². The van der Waals surface area contributed by atoms with E-state index in [1.807, 2.05) is 13.8 Å². The molecule has 1 atom stereocenters. The Labute approximate surface area is 112 Å². The van der Waals surface area contributed by atoms with Gasteiger partial charge in [0.15, 0.2) is 5.78 Å². The van der Waals surface area contributed by atoms with E-state index in [0.29, 0.717) is 12.8 Å². The second kappa shape index (κ2) is 7.56. The first-order valence-corrected chi connectivity index (χ1v) is 6.68. The van der Waals surface area contributed by atoms with Crippen molar-refractivity contribution < 1.29 is 23.1 Å². The van der Waals surface area contributed by atoms with Crippen LogP contribution in [0.4, 0.5) is 13.2 Å². The predicted molar refractivity (Wildman–Crippen MR) is 68.9 cm³/mol. The van der Waals surface area contributed by atoms with Crippen LogP contribution >= 0.6 is 0 Å². The number of aliphatic hydroxyl groups excluding tert-OH is 1. The van der Waals surface area contributed by atoms with Gasteiger partial charge in [0.05, 0.1) is 6.42 Å². The molecule has 0 saturated carbocycles. The number of rotatable bonds is 7. The molecule has 0 aromatic carbocycles. The monoisotopic (exact) mass is 280 g/mol. The van der Waals surface area contributed by atoms with Gasteiger partial charge in [-0.05, 0) is 26.2 Å². The molecule has 0 fully saturated rings. The zero-order valence-corrected chi connectivity index (χ0v) is 12.0. The molecule has 0 aliphatic carbocycles.